The van der Waals surface area contributed by atoms with E-state index >= 15 is 0 Å². The van der Waals surface area contributed by atoms with Gasteiger partial charge < -0.3 is 9.30 Å². The minimum Gasteiger partial charge on any atom is -0.379 e. The summed E-state index contributed by atoms with van der Waals surface area (Å²) in [4.78, 5) is 6.86. The first-order valence-electron chi connectivity index (χ1n) is 6.89. The quantitative estimate of drug-likeness (QED) is 0.560. The number of halogens is 3. The second-order valence-corrected chi connectivity index (χ2v) is 6.45. The van der Waals surface area contributed by atoms with Crippen LogP contribution in [0.5, 0.6) is 0 Å². The molecule has 0 atom stereocenters. The number of hydrogen-bond donors (Lipinski definition) is 0. The van der Waals surface area contributed by atoms with Gasteiger partial charge in [-0.3, -0.25) is 4.90 Å². The zero-order valence-electron chi connectivity index (χ0n) is 11.5. The van der Waals surface area contributed by atoms with Gasteiger partial charge in [-0.15, -0.1) is 11.6 Å². The van der Waals surface area contributed by atoms with Crippen molar-refractivity contribution in [3.05, 3.63) is 27.3 Å². The Balaban J connectivity index is 1.86. The minimum atomic E-state index is -0.211. The molecule has 21 heavy (non-hydrogen) atoms. The predicted octanol–water partition coefficient (Wildman–Crippen LogP) is 2.85. The third-order valence-electron chi connectivity index (χ3n) is 3.73. The summed E-state index contributed by atoms with van der Waals surface area (Å²) >= 11 is 7.97. The van der Waals surface area contributed by atoms with Crippen LogP contribution in [0.15, 0.2) is 12.1 Å². The summed E-state index contributed by atoms with van der Waals surface area (Å²) in [5, 5.41) is 0. The molecular weight excluding hydrogens is 408 g/mol. The van der Waals surface area contributed by atoms with E-state index in [1.54, 1.807) is 12.1 Å². The van der Waals surface area contributed by atoms with Crippen molar-refractivity contribution in [3.8, 4) is 0 Å². The second-order valence-electron chi connectivity index (χ2n) is 5.02. The van der Waals surface area contributed by atoms with Crippen LogP contribution in [0.3, 0.4) is 0 Å². The molecule has 1 saturated heterocycles. The fourth-order valence-corrected chi connectivity index (χ4v) is 3.24. The van der Waals surface area contributed by atoms with Crippen molar-refractivity contribution in [1.29, 1.82) is 0 Å². The van der Waals surface area contributed by atoms with E-state index in [9.17, 15) is 4.39 Å². The van der Waals surface area contributed by atoms with E-state index in [1.807, 2.05) is 27.2 Å². The van der Waals surface area contributed by atoms with Gasteiger partial charge in [0.25, 0.3) is 0 Å². The molecule has 2 aromatic rings. The number of benzene rings is 1. The summed E-state index contributed by atoms with van der Waals surface area (Å²) in [5.41, 5.74) is 1.62. The van der Waals surface area contributed by atoms with Gasteiger partial charge in [0, 0.05) is 32.2 Å². The van der Waals surface area contributed by atoms with Gasteiger partial charge in [0.1, 0.15) is 11.6 Å². The maximum absolute atomic E-state index is 13.8. The summed E-state index contributed by atoms with van der Waals surface area (Å²) in [6, 6.07) is 3.33. The third kappa shape index (κ3) is 3.33. The van der Waals surface area contributed by atoms with Gasteiger partial charge in [0.15, 0.2) is 0 Å². The van der Waals surface area contributed by atoms with Crippen LogP contribution in [-0.4, -0.2) is 47.3 Å². The molecule has 0 spiro atoms. The number of hydrogen-bond acceptors (Lipinski definition) is 3. The highest BCUT2D eigenvalue weighted by atomic mass is 127. The third-order valence-corrected chi connectivity index (χ3v) is 4.80. The fraction of sp³-hybridized carbons (Fsp3) is 0.500. The SMILES string of the molecule is Fc1cc2c(cc1I)nc(CCl)n2CCN1CCOCC1. The lowest BCUT2D eigenvalue weighted by molar-refractivity contribution is 0.0364. The van der Waals surface area contributed by atoms with Crippen molar-refractivity contribution in [2.24, 2.45) is 0 Å². The Morgan fingerprint density at radius 1 is 1.29 bits per heavy atom. The maximum atomic E-state index is 13.8. The van der Waals surface area contributed by atoms with Crippen LogP contribution in [0.2, 0.25) is 0 Å². The van der Waals surface area contributed by atoms with Gasteiger partial charge in [0.05, 0.1) is 33.7 Å². The van der Waals surface area contributed by atoms with Crippen molar-refractivity contribution >= 4 is 45.2 Å². The van der Waals surface area contributed by atoms with Crippen LogP contribution in [0, 0.1) is 9.39 Å². The number of ether oxygens (including phenoxy) is 1. The van der Waals surface area contributed by atoms with Gasteiger partial charge in [-0.05, 0) is 28.7 Å². The molecule has 1 aliphatic rings. The van der Waals surface area contributed by atoms with Crippen LogP contribution in [0.4, 0.5) is 4.39 Å². The van der Waals surface area contributed by atoms with Crippen LogP contribution in [0.25, 0.3) is 11.0 Å². The summed E-state index contributed by atoms with van der Waals surface area (Å²) in [5.74, 6) is 0.911. The van der Waals surface area contributed by atoms with E-state index in [0.717, 1.165) is 56.3 Å². The lowest BCUT2D eigenvalue weighted by Crippen LogP contribution is -2.38. The molecule has 1 aromatic carbocycles. The summed E-state index contributed by atoms with van der Waals surface area (Å²) in [6.07, 6.45) is 0. The minimum absolute atomic E-state index is 0.211. The molecule has 0 saturated carbocycles. The molecule has 1 aliphatic heterocycles. The normalized spacial score (nSPS) is 16.7. The van der Waals surface area contributed by atoms with Gasteiger partial charge in [-0.25, -0.2) is 9.37 Å². The number of aromatic nitrogens is 2. The monoisotopic (exact) mass is 423 g/mol. The Hall–Kier alpha value is -0.440. The zero-order valence-corrected chi connectivity index (χ0v) is 14.4. The highest BCUT2D eigenvalue weighted by molar-refractivity contribution is 14.1. The van der Waals surface area contributed by atoms with E-state index in [2.05, 4.69) is 9.88 Å². The summed E-state index contributed by atoms with van der Waals surface area (Å²) in [7, 11) is 0. The Labute approximate surface area is 141 Å². The largest absolute Gasteiger partial charge is 0.379 e. The molecule has 0 aliphatic carbocycles. The molecule has 7 heteroatoms. The second kappa shape index (κ2) is 6.76. The highest BCUT2D eigenvalue weighted by Gasteiger charge is 2.15. The summed E-state index contributed by atoms with van der Waals surface area (Å²) < 4.78 is 21.8. The van der Waals surface area contributed by atoms with E-state index in [-0.39, 0.29) is 5.82 Å². The van der Waals surface area contributed by atoms with E-state index in [0.29, 0.717) is 9.45 Å². The molecule has 3 rings (SSSR count). The first-order chi connectivity index (χ1) is 10.2. The molecular formula is C14H16ClFIN3O. The van der Waals surface area contributed by atoms with Crippen LogP contribution in [0.1, 0.15) is 5.82 Å². The van der Waals surface area contributed by atoms with Crippen molar-refractivity contribution < 1.29 is 9.13 Å². The van der Waals surface area contributed by atoms with Crippen LogP contribution in [-0.2, 0) is 17.2 Å². The number of rotatable bonds is 4. The number of alkyl halides is 1. The Bertz CT molecular complexity index is 643. The molecule has 0 amide bonds. The standard InChI is InChI=1S/C14H16ClFIN3O/c15-9-14-18-12-8-11(17)10(16)7-13(12)20(14)2-1-19-3-5-21-6-4-19/h7-8H,1-6,9H2. The Morgan fingerprint density at radius 2 is 2.05 bits per heavy atom. The number of morpholine rings is 1. The van der Waals surface area contributed by atoms with Crippen molar-refractivity contribution in [2.45, 2.75) is 12.4 Å². The molecule has 0 N–H and O–H groups in total. The average molecular weight is 424 g/mol. The first kappa shape index (κ1) is 15.5. The zero-order chi connectivity index (χ0) is 14.8. The van der Waals surface area contributed by atoms with Crippen LogP contribution >= 0.6 is 34.2 Å². The van der Waals surface area contributed by atoms with Gasteiger partial charge >= 0.3 is 0 Å². The molecule has 0 unspecified atom stereocenters. The molecule has 0 bridgehead atoms. The first-order valence-corrected chi connectivity index (χ1v) is 8.50. The van der Waals surface area contributed by atoms with Crippen LogP contribution < -0.4 is 0 Å². The number of fused-ring (bicyclic) bond motifs is 1. The topological polar surface area (TPSA) is 30.3 Å². The van der Waals surface area contributed by atoms with E-state index in [1.165, 1.54) is 0 Å². The predicted molar refractivity (Wildman–Crippen MR) is 89.2 cm³/mol. The van der Waals surface area contributed by atoms with Crippen molar-refractivity contribution in [1.82, 2.24) is 14.5 Å². The average Bonchev–Trinajstić information content (AvgIpc) is 2.83. The van der Waals surface area contributed by atoms with Gasteiger partial charge in [-0.2, -0.15) is 0 Å². The fourth-order valence-electron chi connectivity index (χ4n) is 2.59. The van der Waals surface area contributed by atoms with Crippen molar-refractivity contribution in [3.63, 3.8) is 0 Å². The number of imidazole rings is 1. The van der Waals surface area contributed by atoms with Gasteiger partial charge in [0.2, 0.25) is 0 Å². The molecule has 1 fully saturated rings. The maximum Gasteiger partial charge on any atom is 0.138 e. The molecule has 114 valence electrons. The molecule has 4 nitrogen and oxygen atoms in total. The number of nitrogens with zero attached hydrogens (tertiary/aromatic N) is 3. The Kier molecular flexibility index (Phi) is 4.98. The lowest BCUT2D eigenvalue weighted by atomic mass is 10.3. The van der Waals surface area contributed by atoms with E-state index < -0.39 is 0 Å². The van der Waals surface area contributed by atoms with E-state index in [4.69, 9.17) is 16.3 Å². The molecule has 1 aromatic heterocycles. The lowest BCUT2D eigenvalue weighted by Gasteiger charge is -2.26. The summed E-state index contributed by atoms with van der Waals surface area (Å²) in [6.45, 7) is 5.09. The molecule has 2 heterocycles. The van der Waals surface area contributed by atoms with Gasteiger partial charge in [-0.1, -0.05) is 0 Å². The Morgan fingerprint density at radius 3 is 2.76 bits per heavy atom. The smallest absolute Gasteiger partial charge is 0.138 e. The van der Waals surface area contributed by atoms with Crippen molar-refractivity contribution in [2.75, 3.05) is 32.8 Å². The molecule has 0 radical (unpaired) electrons. The highest BCUT2D eigenvalue weighted by Crippen LogP contribution is 2.22.